The number of carbonyl (C=O) groups is 1. The summed E-state index contributed by atoms with van der Waals surface area (Å²) in [5.74, 6) is 2.26. The number of likely N-dealkylation sites (tertiary alicyclic amines) is 1. The summed E-state index contributed by atoms with van der Waals surface area (Å²) in [6.07, 6.45) is 8.41. The molecule has 0 saturated carbocycles. The fourth-order valence-electron chi connectivity index (χ4n) is 3.34. The summed E-state index contributed by atoms with van der Waals surface area (Å²) >= 11 is 0. The van der Waals surface area contributed by atoms with Crippen LogP contribution >= 0.6 is 0 Å². The third-order valence-corrected chi connectivity index (χ3v) is 4.61. The van der Waals surface area contributed by atoms with Gasteiger partial charge in [0.15, 0.2) is 0 Å². The van der Waals surface area contributed by atoms with Gasteiger partial charge in [0, 0.05) is 38.4 Å². The van der Waals surface area contributed by atoms with E-state index in [9.17, 15) is 4.79 Å². The fraction of sp³-hybridized carbons (Fsp3) is 0.556. The average Bonchev–Trinajstić information content (AvgIpc) is 3.26. The van der Waals surface area contributed by atoms with Gasteiger partial charge in [-0.2, -0.15) is 0 Å². The minimum absolute atomic E-state index is 0.0714. The first-order valence-corrected chi connectivity index (χ1v) is 8.78. The van der Waals surface area contributed by atoms with Crippen LogP contribution in [0.3, 0.4) is 0 Å². The fourth-order valence-corrected chi connectivity index (χ4v) is 3.34. The maximum Gasteiger partial charge on any atom is 0.224 e. The van der Waals surface area contributed by atoms with Crippen molar-refractivity contribution in [3.8, 4) is 0 Å². The third-order valence-electron chi connectivity index (χ3n) is 4.61. The minimum atomic E-state index is 0.0714. The van der Waals surface area contributed by atoms with Gasteiger partial charge in [0.25, 0.3) is 0 Å². The Kier molecular flexibility index (Phi) is 5.69. The molecule has 1 amide bonds. The largest absolute Gasteiger partial charge is 0.468 e. The highest BCUT2D eigenvalue weighted by atomic mass is 16.3. The molecule has 130 valence electrons. The molecule has 0 aliphatic carbocycles. The Morgan fingerprint density at radius 1 is 1.50 bits per heavy atom. The van der Waals surface area contributed by atoms with Gasteiger partial charge < -0.3 is 14.3 Å². The lowest BCUT2D eigenvalue weighted by molar-refractivity contribution is -0.126. The molecule has 0 bridgehead atoms. The SMILES string of the molecule is CCc1nccn1CCNC(=O)[C@@H]1CCCN(Cc2ccco2)C1. The predicted molar refractivity (Wildman–Crippen MR) is 91.3 cm³/mol. The molecule has 1 aliphatic heterocycles. The van der Waals surface area contributed by atoms with Gasteiger partial charge in [0.1, 0.15) is 11.6 Å². The summed E-state index contributed by atoms with van der Waals surface area (Å²) in [4.78, 5) is 19.0. The van der Waals surface area contributed by atoms with Crippen LogP contribution in [0.15, 0.2) is 35.2 Å². The number of imidazole rings is 1. The molecule has 6 heteroatoms. The highest BCUT2D eigenvalue weighted by Gasteiger charge is 2.25. The number of rotatable bonds is 7. The molecule has 6 nitrogen and oxygen atoms in total. The number of amides is 1. The molecule has 1 aliphatic rings. The quantitative estimate of drug-likeness (QED) is 0.844. The second-order valence-electron chi connectivity index (χ2n) is 6.34. The molecule has 3 heterocycles. The maximum absolute atomic E-state index is 12.4. The van der Waals surface area contributed by atoms with E-state index in [4.69, 9.17) is 4.42 Å². The molecular formula is C18H26N4O2. The second kappa shape index (κ2) is 8.15. The van der Waals surface area contributed by atoms with Crippen molar-refractivity contribution < 1.29 is 9.21 Å². The summed E-state index contributed by atoms with van der Waals surface area (Å²) in [5.41, 5.74) is 0. The number of hydrogen-bond acceptors (Lipinski definition) is 4. The molecule has 0 unspecified atom stereocenters. The van der Waals surface area contributed by atoms with Gasteiger partial charge in [-0.05, 0) is 31.5 Å². The van der Waals surface area contributed by atoms with E-state index in [0.29, 0.717) is 6.54 Å². The second-order valence-corrected chi connectivity index (χ2v) is 6.34. The van der Waals surface area contributed by atoms with Gasteiger partial charge in [-0.3, -0.25) is 9.69 Å². The van der Waals surface area contributed by atoms with Crippen LogP contribution in [0.25, 0.3) is 0 Å². The zero-order valence-electron chi connectivity index (χ0n) is 14.3. The molecule has 0 aromatic carbocycles. The maximum atomic E-state index is 12.4. The van der Waals surface area contributed by atoms with Gasteiger partial charge in [0.05, 0.1) is 18.7 Å². The number of carbonyl (C=O) groups excluding carboxylic acids is 1. The van der Waals surface area contributed by atoms with Crippen LogP contribution in [0.5, 0.6) is 0 Å². The van der Waals surface area contributed by atoms with E-state index < -0.39 is 0 Å². The minimum Gasteiger partial charge on any atom is -0.468 e. The van der Waals surface area contributed by atoms with Crippen LogP contribution in [-0.2, 0) is 24.3 Å². The van der Waals surface area contributed by atoms with E-state index in [1.807, 2.05) is 24.5 Å². The van der Waals surface area contributed by atoms with Gasteiger partial charge in [0.2, 0.25) is 5.91 Å². The van der Waals surface area contributed by atoms with Crippen LogP contribution in [-0.4, -0.2) is 40.0 Å². The number of nitrogens with one attached hydrogen (secondary N) is 1. The van der Waals surface area contributed by atoms with Crippen LogP contribution in [0.2, 0.25) is 0 Å². The average molecular weight is 330 g/mol. The lowest BCUT2D eigenvalue weighted by atomic mass is 9.97. The first-order valence-electron chi connectivity index (χ1n) is 8.78. The van der Waals surface area contributed by atoms with Crippen molar-refractivity contribution >= 4 is 5.91 Å². The first kappa shape index (κ1) is 16.8. The van der Waals surface area contributed by atoms with Gasteiger partial charge in [-0.25, -0.2) is 4.98 Å². The van der Waals surface area contributed by atoms with E-state index in [1.165, 1.54) is 0 Å². The van der Waals surface area contributed by atoms with Crippen molar-refractivity contribution in [2.45, 2.75) is 39.3 Å². The molecule has 2 aromatic rings. The van der Waals surface area contributed by atoms with Gasteiger partial charge in [-0.15, -0.1) is 0 Å². The van der Waals surface area contributed by atoms with E-state index in [-0.39, 0.29) is 11.8 Å². The lowest BCUT2D eigenvalue weighted by Gasteiger charge is -2.31. The van der Waals surface area contributed by atoms with E-state index >= 15 is 0 Å². The number of aryl methyl sites for hydroxylation is 1. The van der Waals surface area contributed by atoms with Crippen LogP contribution < -0.4 is 5.32 Å². The summed E-state index contributed by atoms with van der Waals surface area (Å²) in [5, 5.41) is 3.08. The van der Waals surface area contributed by atoms with Gasteiger partial charge >= 0.3 is 0 Å². The van der Waals surface area contributed by atoms with E-state index in [2.05, 4.69) is 26.7 Å². The molecule has 1 N–H and O–H groups in total. The number of aromatic nitrogens is 2. The molecule has 2 aromatic heterocycles. The standard InChI is InChI=1S/C18H26N4O2/c1-2-17-19-7-10-22(17)11-8-20-18(23)15-5-3-9-21(13-15)14-16-6-4-12-24-16/h4,6-7,10,12,15H,2-3,5,8-9,11,13-14H2,1H3,(H,20,23)/t15-/m1/s1. The molecule has 1 fully saturated rings. The monoisotopic (exact) mass is 330 g/mol. The zero-order chi connectivity index (χ0) is 16.8. The van der Waals surface area contributed by atoms with E-state index in [1.54, 1.807) is 6.26 Å². The van der Waals surface area contributed by atoms with Crippen LogP contribution in [0.4, 0.5) is 0 Å². The predicted octanol–water partition coefficient (Wildman–Crippen LogP) is 2.07. The highest BCUT2D eigenvalue weighted by Crippen LogP contribution is 2.19. The van der Waals surface area contributed by atoms with Crippen molar-refractivity contribution in [1.82, 2.24) is 19.8 Å². The molecule has 0 spiro atoms. The van der Waals surface area contributed by atoms with Gasteiger partial charge in [-0.1, -0.05) is 6.92 Å². The number of furan rings is 1. The highest BCUT2D eigenvalue weighted by molar-refractivity contribution is 5.78. The molecular weight excluding hydrogens is 304 g/mol. The Labute approximate surface area is 142 Å². The molecule has 3 rings (SSSR count). The molecule has 0 radical (unpaired) electrons. The van der Waals surface area contributed by atoms with Crippen molar-refractivity contribution in [3.63, 3.8) is 0 Å². The normalized spacial score (nSPS) is 18.6. The molecule has 1 saturated heterocycles. The summed E-state index contributed by atoms with van der Waals surface area (Å²) in [6.45, 7) is 6.13. The lowest BCUT2D eigenvalue weighted by Crippen LogP contribution is -2.43. The Morgan fingerprint density at radius 2 is 2.42 bits per heavy atom. The van der Waals surface area contributed by atoms with E-state index in [0.717, 1.165) is 57.0 Å². The zero-order valence-corrected chi connectivity index (χ0v) is 14.3. The first-order chi connectivity index (χ1) is 11.8. The number of nitrogens with zero attached hydrogens (tertiary/aromatic N) is 3. The van der Waals surface area contributed by atoms with Crippen molar-refractivity contribution in [1.29, 1.82) is 0 Å². The summed E-state index contributed by atoms with van der Waals surface area (Å²) < 4.78 is 7.51. The van der Waals surface area contributed by atoms with Crippen molar-refractivity contribution in [2.24, 2.45) is 5.92 Å². The Balaban J connectivity index is 1.44. The number of hydrogen-bond donors (Lipinski definition) is 1. The van der Waals surface area contributed by atoms with Crippen LogP contribution in [0.1, 0.15) is 31.4 Å². The summed E-state index contributed by atoms with van der Waals surface area (Å²) in [7, 11) is 0. The van der Waals surface area contributed by atoms with Crippen molar-refractivity contribution in [2.75, 3.05) is 19.6 Å². The molecule has 24 heavy (non-hydrogen) atoms. The Hall–Kier alpha value is -2.08. The Morgan fingerprint density at radius 3 is 3.21 bits per heavy atom. The Bertz CT molecular complexity index is 635. The number of piperidine rings is 1. The third kappa shape index (κ3) is 4.26. The smallest absolute Gasteiger partial charge is 0.224 e. The van der Waals surface area contributed by atoms with Crippen LogP contribution in [0, 0.1) is 5.92 Å². The summed E-state index contributed by atoms with van der Waals surface area (Å²) in [6, 6.07) is 3.89. The molecule has 1 atom stereocenters. The van der Waals surface area contributed by atoms with Crippen molar-refractivity contribution in [3.05, 3.63) is 42.4 Å². The topological polar surface area (TPSA) is 63.3 Å².